The quantitative estimate of drug-likeness (QED) is 0.835. The van der Waals surface area contributed by atoms with Crippen molar-refractivity contribution in [2.75, 3.05) is 32.8 Å². The summed E-state index contributed by atoms with van der Waals surface area (Å²) in [6.07, 6.45) is 0. The van der Waals surface area contributed by atoms with Crippen LogP contribution in [0.1, 0.15) is 33.2 Å². The van der Waals surface area contributed by atoms with Crippen LogP contribution >= 0.6 is 11.3 Å². The van der Waals surface area contributed by atoms with Gasteiger partial charge in [0, 0.05) is 25.7 Å². The maximum atomic E-state index is 12.1. The SMILES string of the molecule is CC(=O)c1ccc(C(=O)N[C@H](C)CN2CCOCC2)s1. The zero-order valence-electron chi connectivity index (χ0n) is 11.8. The fourth-order valence-corrected chi connectivity index (χ4v) is 2.97. The summed E-state index contributed by atoms with van der Waals surface area (Å²) in [5.41, 5.74) is 0. The molecule has 2 heterocycles. The molecule has 1 aliphatic heterocycles. The van der Waals surface area contributed by atoms with Crippen molar-refractivity contribution in [1.82, 2.24) is 10.2 Å². The van der Waals surface area contributed by atoms with Crippen LogP contribution in [0.2, 0.25) is 0 Å². The molecule has 1 atom stereocenters. The van der Waals surface area contributed by atoms with Gasteiger partial charge >= 0.3 is 0 Å². The highest BCUT2D eigenvalue weighted by molar-refractivity contribution is 7.15. The van der Waals surface area contributed by atoms with E-state index in [0.717, 1.165) is 32.8 Å². The molecule has 110 valence electrons. The molecule has 1 amide bonds. The molecule has 1 aromatic heterocycles. The number of carbonyl (C=O) groups excluding carboxylic acids is 2. The van der Waals surface area contributed by atoms with Gasteiger partial charge in [0.25, 0.3) is 5.91 Å². The number of ether oxygens (including phenoxy) is 1. The van der Waals surface area contributed by atoms with Crippen LogP contribution in [0.4, 0.5) is 0 Å². The molecule has 1 aromatic rings. The minimum Gasteiger partial charge on any atom is -0.379 e. The van der Waals surface area contributed by atoms with Crippen LogP contribution in [0.15, 0.2) is 12.1 Å². The van der Waals surface area contributed by atoms with Crippen molar-refractivity contribution in [1.29, 1.82) is 0 Å². The Morgan fingerprint density at radius 1 is 1.35 bits per heavy atom. The van der Waals surface area contributed by atoms with Crippen LogP contribution in [0.5, 0.6) is 0 Å². The molecule has 5 nitrogen and oxygen atoms in total. The lowest BCUT2D eigenvalue weighted by molar-refractivity contribution is 0.0342. The lowest BCUT2D eigenvalue weighted by Gasteiger charge is -2.29. The first-order valence-corrected chi connectivity index (χ1v) is 7.59. The number of carbonyl (C=O) groups is 2. The van der Waals surface area contributed by atoms with E-state index in [1.807, 2.05) is 6.92 Å². The Balaban J connectivity index is 1.84. The van der Waals surface area contributed by atoms with Crippen molar-refractivity contribution < 1.29 is 14.3 Å². The van der Waals surface area contributed by atoms with E-state index in [9.17, 15) is 9.59 Å². The number of thiophene rings is 1. The average Bonchev–Trinajstić information content (AvgIpc) is 2.89. The highest BCUT2D eigenvalue weighted by Crippen LogP contribution is 2.17. The summed E-state index contributed by atoms with van der Waals surface area (Å²) in [7, 11) is 0. The Morgan fingerprint density at radius 2 is 2.00 bits per heavy atom. The Morgan fingerprint density at radius 3 is 2.60 bits per heavy atom. The Labute approximate surface area is 122 Å². The third-order valence-electron chi connectivity index (χ3n) is 3.19. The average molecular weight is 296 g/mol. The summed E-state index contributed by atoms with van der Waals surface area (Å²) < 4.78 is 5.30. The van der Waals surface area contributed by atoms with Crippen molar-refractivity contribution in [2.45, 2.75) is 19.9 Å². The van der Waals surface area contributed by atoms with Crippen LogP contribution in [-0.2, 0) is 4.74 Å². The molecular weight excluding hydrogens is 276 g/mol. The molecule has 1 fully saturated rings. The van der Waals surface area contributed by atoms with E-state index in [1.165, 1.54) is 18.3 Å². The van der Waals surface area contributed by atoms with Gasteiger partial charge in [-0.1, -0.05) is 0 Å². The standard InChI is InChI=1S/C14H20N2O3S/c1-10(9-16-5-7-19-8-6-16)15-14(18)13-4-3-12(20-13)11(2)17/h3-4,10H,5-9H2,1-2H3,(H,15,18)/t10-/m1/s1. The first-order chi connectivity index (χ1) is 9.56. The number of nitrogens with one attached hydrogen (secondary N) is 1. The summed E-state index contributed by atoms with van der Waals surface area (Å²) in [5.74, 6) is -0.112. The van der Waals surface area contributed by atoms with E-state index < -0.39 is 0 Å². The molecule has 1 aliphatic rings. The molecule has 2 rings (SSSR count). The van der Waals surface area contributed by atoms with E-state index in [1.54, 1.807) is 12.1 Å². The number of hydrogen-bond acceptors (Lipinski definition) is 5. The molecule has 1 saturated heterocycles. The summed E-state index contributed by atoms with van der Waals surface area (Å²) in [6, 6.07) is 3.48. The fourth-order valence-electron chi connectivity index (χ4n) is 2.16. The van der Waals surface area contributed by atoms with E-state index in [0.29, 0.717) is 9.75 Å². The minimum atomic E-state index is -0.108. The zero-order chi connectivity index (χ0) is 14.5. The Hall–Kier alpha value is -1.24. The molecule has 6 heteroatoms. The second-order valence-electron chi connectivity index (χ2n) is 5.01. The summed E-state index contributed by atoms with van der Waals surface area (Å²) in [6.45, 7) is 7.66. The maximum absolute atomic E-state index is 12.1. The van der Waals surface area contributed by atoms with E-state index in [-0.39, 0.29) is 17.7 Å². The largest absolute Gasteiger partial charge is 0.379 e. The molecule has 0 aliphatic carbocycles. The second kappa shape index (κ2) is 6.97. The first-order valence-electron chi connectivity index (χ1n) is 6.78. The number of rotatable bonds is 5. The fraction of sp³-hybridized carbons (Fsp3) is 0.571. The van der Waals surface area contributed by atoms with Crippen molar-refractivity contribution in [2.24, 2.45) is 0 Å². The van der Waals surface area contributed by atoms with E-state index >= 15 is 0 Å². The van der Waals surface area contributed by atoms with E-state index in [2.05, 4.69) is 10.2 Å². The molecule has 0 radical (unpaired) electrons. The van der Waals surface area contributed by atoms with Gasteiger partial charge in [-0.3, -0.25) is 14.5 Å². The predicted octanol–water partition coefficient (Wildman–Crippen LogP) is 1.40. The van der Waals surface area contributed by atoms with Gasteiger partial charge < -0.3 is 10.1 Å². The smallest absolute Gasteiger partial charge is 0.261 e. The number of nitrogens with zero attached hydrogens (tertiary/aromatic N) is 1. The summed E-state index contributed by atoms with van der Waals surface area (Å²) in [5, 5.41) is 2.97. The molecule has 0 saturated carbocycles. The van der Waals surface area contributed by atoms with Crippen LogP contribution in [-0.4, -0.2) is 55.5 Å². The van der Waals surface area contributed by atoms with Crippen LogP contribution in [0, 0.1) is 0 Å². The highest BCUT2D eigenvalue weighted by atomic mass is 32.1. The molecule has 0 spiro atoms. The number of ketones is 1. The normalized spacial score (nSPS) is 17.7. The Kier molecular flexibility index (Phi) is 5.28. The first kappa shape index (κ1) is 15.2. The number of hydrogen-bond donors (Lipinski definition) is 1. The molecule has 0 aromatic carbocycles. The maximum Gasteiger partial charge on any atom is 0.261 e. The number of morpholine rings is 1. The molecule has 0 bridgehead atoms. The van der Waals surface area contributed by atoms with Gasteiger partial charge in [-0.25, -0.2) is 0 Å². The summed E-state index contributed by atoms with van der Waals surface area (Å²) >= 11 is 1.24. The van der Waals surface area contributed by atoms with Gasteiger partial charge in [0.05, 0.1) is 23.0 Å². The monoisotopic (exact) mass is 296 g/mol. The van der Waals surface area contributed by atoms with Crippen molar-refractivity contribution in [3.05, 3.63) is 21.9 Å². The van der Waals surface area contributed by atoms with Crippen LogP contribution in [0.25, 0.3) is 0 Å². The van der Waals surface area contributed by atoms with Gasteiger partial charge in [-0.15, -0.1) is 11.3 Å². The van der Waals surface area contributed by atoms with Crippen molar-refractivity contribution in [3.8, 4) is 0 Å². The topological polar surface area (TPSA) is 58.6 Å². The van der Waals surface area contributed by atoms with Gasteiger partial charge in [0.1, 0.15) is 0 Å². The number of Topliss-reactive ketones (excluding diaryl/α,β-unsaturated/α-hetero) is 1. The minimum absolute atomic E-state index is 0.00425. The predicted molar refractivity (Wildman–Crippen MR) is 78.5 cm³/mol. The van der Waals surface area contributed by atoms with Gasteiger partial charge in [-0.05, 0) is 26.0 Å². The molecule has 1 N–H and O–H groups in total. The third kappa shape index (κ3) is 4.13. The van der Waals surface area contributed by atoms with Crippen LogP contribution < -0.4 is 5.32 Å². The lowest BCUT2D eigenvalue weighted by atomic mass is 10.2. The Bertz CT molecular complexity index is 481. The molecule has 20 heavy (non-hydrogen) atoms. The zero-order valence-corrected chi connectivity index (χ0v) is 12.7. The van der Waals surface area contributed by atoms with Gasteiger partial charge in [-0.2, -0.15) is 0 Å². The second-order valence-corrected chi connectivity index (χ2v) is 6.09. The third-order valence-corrected chi connectivity index (χ3v) is 4.37. The molecular formula is C14H20N2O3S. The van der Waals surface area contributed by atoms with Gasteiger partial charge in [0.2, 0.25) is 0 Å². The molecule has 0 unspecified atom stereocenters. The van der Waals surface area contributed by atoms with Crippen molar-refractivity contribution >= 4 is 23.0 Å². The summed E-state index contributed by atoms with van der Waals surface area (Å²) in [4.78, 5) is 26.8. The highest BCUT2D eigenvalue weighted by Gasteiger charge is 2.17. The van der Waals surface area contributed by atoms with Crippen LogP contribution in [0.3, 0.4) is 0 Å². The van der Waals surface area contributed by atoms with E-state index in [4.69, 9.17) is 4.74 Å². The lowest BCUT2D eigenvalue weighted by Crippen LogP contribution is -2.45. The van der Waals surface area contributed by atoms with Gasteiger partial charge in [0.15, 0.2) is 5.78 Å². The number of amides is 1. The van der Waals surface area contributed by atoms with Crippen molar-refractivity contribution in [3.63, 3.8) is 0 Å².